The standard InChI is InChI=1S/C49H41N3/c1-35-25-29-46(52(44-23-15-8-16-24-44)45-30-26-42(27-31-45)41-21-13-7-14-22-41)34-48(35)47-32-28-43(33-36(47)2)49(50-37(3)39-17-9-5-10-18-39)51-38(4)40-19-11-6-12-20-40/h5-34H,3H2,1-2,4H3/b50-49-,51-38+. The van der Waals surface area contributed by atoms with E-state index in [-0.39, 0.29) is 0 Å². The molecule has 0 bridgehead atoms. The zero-order valence-electron chi connectivity index (χ0n) is 29.9. The quantitative estimate of drug-likeness (QED) is 0.111. The number of hydrogen-bond donors (Lipinski definition) is 0. The second kappa shape index (κ2) is 15.5. The van der Waals surface area contributed by atoms with Gasteiger partial charge in [0.2, 0.25) is 0 Å². The SMILES string of the molecule is C=C(/N=C(\N=C(/C)c1ccccc1)c1ccc(-c2cc(N(c3ccccc3)c3ccc(-c4ccccc4)cc3)ccc2C)c(C)c1)c1ccccc1. The van der Waals surface area contributed by atoms with Crippen molar-refractivity contribution in [3.05, 3.63) is 216 Å². The highest BCUT2D eigenvalue weighted by atomic mass is 15.1. The first-order valence-corrected chi connectivity index (χ1v) is 17.6. The highest BCUT2D eigenvalue weighted by Crippen LogP contribution is 2.39. The number of anilines is 3. The first-order chi connectivity index (χ1) is 25.4. The van der Waals surface area contributed by atoms with E-state index in [1.54, 1.807) is 0 Å². The van der Waals surface area contributed by atoms with Crippen molar-refractivity contribution in [2.45, 2.75) is 20.8 Å². The molecule has 0 saturated carbocycles. The monoisotopic (exact) mass is 671 g/mol. The molecule has 0 fully saturated rings. The first-order valence-electron chi connectivity index (χ1n) is 17.6. The van der Waals surface area contributed by atoms with Crippen LogP contribution in [0, 0.1) is 13.8 Å². The van der Waals surface area contributed by atoms with Crippen molar-refractivity contribution < 1.29 is 0 Å². The minimum absolute atomic E-state index is 0.629. The Morgan fingerprint density at radius 1 is 0.442 bits per heavy atom. The molecule has 0 aliphatic carbocycles. The summed E-state index contributed by atoms with van der Waals surface area (Å²) in [5.41, 5.74) is 14.9. The van der Waals surface area contributed by atoms with Gasteiger partial charge in [-0.25, -0.2) is 9.98 Å². The smallest absolute Gasteiger partial charge is 0.160 e. The van der Waals surface area contributed by atoms with Crippen LogP contribution in [0.5, 0.6) is 0 Å². The molecule has 0 amide bonds. The normalized spacial score (nSPS) is 11.7. The fraction of sp³-hybridized carbons (Fsp3) is 0.0612. The van der Waals surface area contributed by atoms with E-state index in [0.29, 0.717) is 11.5 Å². The lowest BCUT2D eigenvalue weighted by Crippen LogP contribution is -2.10. The molecule has 3 nitrogen and oxygen atoms in total. The van der Waals surface area contributed by atoms with E-state index < -0.39 is 0 Å². The van der Waals surface area contributed by atoms with Crippen LogP contribution in [0.1, 0.15) is 34.7 Å². The Morgan fingerprint density at radius 3 is 1.62 bits per heavy atom. The Morgan fingerprint density at radius 2 is 0.981 bits per heavy atom. The Kier molecular flexibility index (Phi) is 10.1. The molecule has 7 rings (SSSR count). The zero-order valence-corrected chi connectivity index (χ0v) is 29.9. The third-order valence-corrected chi connectivity index (χ3v) is 9.31. The summed E-state index contributed by atoms with van der Waals surface area (Å²) in [4.78, 5) is 12.4. The molecule has 7 aromatic rings. The van der Waals surface area contributed by atoms with E-state index in [0.717, 1.165) is 45.0 Å². The summed E-state index contributed by atoms with van der Waals surface area (Å²) >= 11 is 0. The molecule has 0 N–H and O–H groups in total. The summed E-state index contributed by atoms with van der Waals surface area (Å²) < 4.78 is 0. The molecule has 0 radical (unpaired) electrons. The Hall–Kier alpha value is -6.58. The maximum absolute atomic E-state index is 5.07. The predicted molar refractivity (Wildman–Crippen MR) is 222 cm³/mol. The molecule has 0 heterocycles. The highest BCUT2D eigenvalue weighted by Gasteiger charge is 2.16. The molecule has 7 aromatic carbocycles. The van der Waals surface area contributed by atoms with E-state index in [1.807, 2.05) is 55.5 Å². The van der Waals surface area contributed by atoms with E-state index in [1.165, 1.54) is 27.8 Å². The number of hydrogen-bond acceptors (Lipinski definition) is 2. The topological polar surface area (TPSA) is 28.0 Å². The molecule has 0 aliphatic heterocycles. The van der Waals surface area contributed by atoms with Crippen LogP contribution in [0.2, 0.25) is 0 Å². The van der Waals surface area contributed by atoms with Crippen LogP contribution in [0.3, 0.4) is 0 Å². The minimum atomic E-state index is 0.629. The Bertz CT molecular complexity index is 2360. The summed E-state index contributed by atoms with van der Waals surface area (Å²) in [5, 5.41) is 0. The highest BCUT2D eigenvalue weighted by molar-refractivity contribution is 6.13. The van der Waals surface area contributed by atoms with Gasteiger partial charge in [0.15, 0.2) is 5.84 Å². The van der Waals surface area contributed by atoms with Crippen molar-refractivity contribution in [3.8, 4) is 22.3 Å². The largest absolute Gasteiger partial charge is 0.310 e. The number of rotatable bonds is 9. The summed E-state index contributed by atoms with van der Waals surface area (Å²) in [6.07, 6.45) is 0. The van der Waals surface area contributed by atoms with Gasteiger partial charge in [-0.2, -0.15) is 0 Å². The number of amidine groups is 1. The minimum Gasteiger partial charge on any atom is -0.310 e. The van der Waals surface area contributed by atoms with Crippen LogP contribution in [0.25, 0.3) is 28.0 Å². The fourth-order valence-corrected chi connectivity index (χ4v) is 6.48. The van der Waals surface area contributed by atoms with Gasteiger partial charge in [-0.3, -0.25) is 0 Å². The van der Waals surface area contributed by atoms with Gasteiger partial charge < -0.3 is 4.90 Å². The van der Waals surface area contributed by atoms with E-state index in [2.05, 4.69) is 159 Å². The second-order valence-corrected chi connectivity index (χ2v) is 12.9. The third-order valence-electron chi connectivity index (χ3n) is 9.31. The van der Waals surface area contributed by atoms with Crippen molar-refractivity contribution in [1.82, 2.24) is 0 Å². The number of nitrogens with zero attached hydrogens (tertiary/aromatic N) is 3. The molecular formula is C49H41N3. The number of aryl methyl sites for hydroxylation is 2. The predicted octanol–water partition coefficient (Wildman–Crippen LogP) is 13.0. The number of aliphatic imine (C=N–C) groups is 2. The molecule has 0 saturated heterocycles. The molecule has 0 atom stereocenters. The Balaban J connectivity index is 1.28. The maximum Gasteiger partial charge on any atom is 0.160 e. The van der Waals surface area contributed by atoms with Crippen LogP contribution in [-0.4, -0.2) is 11.5 Å². The molecule has 252 valence electrons. The summed E-state index contributed by atoms with van der Waals surface area (Å²) in [6, 6.07) is 63.4. The number of para-hydroxylation sites is 1. The lowest BCUT2D eigenvalue weighted by Gasteiger charge is -2.27. The van der Waals surface area contributed by atoms with E-state index in [4.69, 9.17) is 9.98 Å². The van der Waals surface area contributed by atoms with Gasteiger partial charge in [-0.15, -0.1) is 0 Å². The van der Waals surface area contributed by atoms with Gasteiger partial charge in [-0.05, 0) is 108 Å². The first kappa shape index (κ1) is 33.9. The molecule has 0 spiro atoms. The average molecular weight is 672 g/mol. The van der Waals surface area contributed by atoms with Gasteiger partial charge in [-0.1, -0.05) is 146 Å². The van der Waals surface area contributed by atoms with Crippen LogP contribution < -0.4 is 4.90 Å². The van der Waals surface area contributed by atoms with Crippen LogP contribution in [0.15, 0.2) is 199 Å². The van der Waals surface area contributed by atoms with Crippen LogP contribution in [-0.2, 0) is 0 Å². The zero-order chi connectivity index (χ0) is 35.9. The van der Waals surface area contributed by atoms with Crippen LogP contribution >= 0.6 is 0 Å². The molecule has 0 aromatic heterocycles. The third kappa shape index (κ3) is 7.60. The molecule has 0 aliphatic rings. The van der Waals surface area contributed by atoms with E-state index in [9.17, 15) is 0 Å². The lowest BCUT2D eigenvalue weighted by molar-refractivity contribution is 1.27. The fourth-order valence-electron chi connectivity index (χ4n) is 6.48. The van der Waals surface area contributed by atoms with Crippen LogP contribution in [0.4, 0.5) is 17.1 Å². The molecular weight excluding hydrogens is 631 g/mol. The second-order valence-electron chi connectivity index (χ2n) is 12.9. The van der Waals surface area contributed by atoms with Crippen molar-refractivity contribution in [2.75, 3.05) is 4.90 Å². The summed E-state index contributed by atoms with van der Waals surface area (Å²) in [6.45, 7) is 10.7. The summed E-state index contributed by atoms with van der Waals surface area (Å²) in [7, 11) is 0. The van der Waals surface area contributed by atoms with Gasteiger partial charge >= 0.3 is 0 Å². The molecule has 52 heavy (non-hydrogen) atoms. The van der Waals surface area contributed by atoms with Gasteiger partial charge in [0, 0.05) is 28.3 Å². The molecule has 0 unspecified atom stereocenters. The van der Waals surface area contributed by atoms with E-state index >= 15 is 0 Å². The number of benzene rings is 7. The summed E-state index contributed by atoms with van der Waals surface area (Å²) in [5.74, 6) is 0.629. The average Bonchev–Trinajstić information content (AvgIpc) is 3.20. The van der Waals surface area contributed by atoms with Crippen molar-refractivity contribution in [1.29, 1.82) is 0 Å². The lowest BCUT2D eigenvalue weighted by atomic mass is 9.94. The van der Waals surface area contributed by atoms with Crippen molar-refractivity contribution in [2.24, 2.45) is 9.98 Å². The van der Waals surface area contributed by atoms with Gasteiger partial charge in [0.05, 0.1) is 5.70 Å². The molecule has 3 heteroatoms. The van der Waals surface area contributed by atoms with Gasteiger partial charge in [0.25, 0.3) is 0 Å². The van der Waals surface area contributed by atoms with Gasteiger partial charge in [0.1, 0.15) is 0 Å². The van der Waals surface area contributed by atoms with Crippen molar-refractivity contribution in [3.63, 3.8) is 0 Å². The maximum atomic E-state index is 5.07. The Labute approximate surface area is 307 Å². The van der Waals surface area contributed by atoms with Crippen molar-refractivity contribution >= 4 is 34.3 Å².